The van der Waals surface area contributed by atoms with Crippen LogP contribution in [0.1, 0.15) is 29.8 Å². The Labute approximate surface area is 174 Å². The van der Waals surface area contributed by atoms with Gasteiger partial charge in [-0.15, -0.1) is 0 Å². The molecule has 30 heavy (non-hydrogen) atoms. The van der Waals surface area contributed by atoms with Crippen LogP contribution in [0, 0.1) is 17.0 Å². The molecule has 3 rings (SSSR count). The first-order valence-electron chi connectivity index (χ1n) is 9.40. The molecule has 1 saturated heterocycles. The zero-order valence-electron chi connectivity index (χ0n) is 16.9. The maximum absolute atomic E-state index is 13.0. The first-order valence-corrected chi connectivity index (χ1v) is 10.8. The van der Waals surface area contributed by atoms with Crippen molar-refractivity contribution in [1.29, 1.82) is 0 Å². The number of sulfonamides is 1. The van der Waals surface area contributed by atoms with Crippen molar-refractivity contribution in [2.75, 3.05) is 18.4 Å². The van der Waals surface area contributed by atoms with E-state index in [9.17, 15) is 23.3 Å². The molecule has 10 heteroatoms. The van der Waals surface area contributed by atoms with Gasteiger partial charge < -0.3 is 10.1 Å². The Morgan fingerprint density at radius 3 is 2.47 bits per heavy atom. The number of nitro benzene ring substituents is 1. The summed E-state index contributed by atoms with van der Waals surface area (Å²) >= 11 is 0. The van der Waals surface area contributed by atoms with Crippen LogP contribution in [-0.4, -0.2) is 48.9 Å². The molecule has 0 radical (unpaired) electrons. The van der Waals surface area contributed by atoms with Crippen LogP contribution in [-0.2, 0) is 14.8 Å². The highest BCUT2D eigenvalue weighted by atomic mass is 32.2. The number of nitrogens with one attached hydrogen (secondary N) is 1. The van der Waals surface area contributed by atoms with Crippen molar-refractivity contribution in [1.82, 2.24) is 4.31 Å². The predicted octanol–water partition coefficient (Wildman–Crippen LogP) is 2.95. The highest BCUT2D eigenvalue weighted by Crippen LogP contribution is 2.24. The number of ether oxygens (including phenoxy) is 1. The summed E-state index contributed by atoms with van der Waals surface area (Å²) in [6.07, 6.45) is -0.460. The fraction of sp³-hybridized carbons (Fsp3) is 0.350. The van der Waals surface area contributed by atoms with Gasteiger partial charge >= 0.3 is 0 Å². The summed E-state index contributed by atoms with van der Waals surface area (Å²) in [6, 6.07) is 9.89. The number of carbonyl (C=O) groups excluding carboxylic acids is 1. The minimum Gasteiger partial charge on any atom is -0.373 e. The van der Waals surface area contributed by atoms with E-state index in [1.165, 1.54) is 46.8 Å². The quantitative estimate of drug-likeness (QED) is 0.572. The molecule has 9 nitrogen and oxygen atoms in total. The van der Waals surface area contributed by atoms with E-state index >= 15 is 0 Å². The van der Waals surface area contributed by atoms with Crippen molar-refractivity contribution in [3.8, 4) is 0 Å². The molecule has 1 aliphatic heterocycles. The number of nitro groups is 1. The normalized spacial score (nSPS) is 20.0. The number of aryl methyl sites for hydroxylation is 1. The van der Waals surface area contributed by atoms with E-state index in [0.717, 1.165) is 0 Å². The van der Waals surface area contributed by atoms with Gasteiger partial charge in [0.15, 0.2) is 0 Å². The number of carbonyl (C=O) groups is 1. The molecular weight excluding hydrogens is 410 g/mol. The molecule has 0 aromatic heterocycles. The molecule has 1 aliphatic rings. The maximum atomic E-state index is 13.0. The minimum absolute atomic E-state index is 0.00668. The number of hydrogen-bond donors (Lipinski definition) is 1. The Morgan fingerprint density at radius 2 is 1.83 bits per heavy atom. The summed E-state index contributed by atoms with van der Waals surface area (Å²) in [7, 11) is -3.80. The van der Waals surface area contributed by atoms with Crippen LogP contribution in [0.15, 0.2) is 47.4 Å². The van der Waals surface area contributed by atoms with Crippen LogP contribution in [0.5, 0.6) is 0 Å². The van der Waals surface area contributed by atoms with Crippen molar-refractivity contribution in [3.05, 3.63) is 63.7 Å². The lowest BCUT2D eigenvalue weighted by Crippen LogP contribution is -2.48. The Bertz CT molecular complexity index is 1080. The Morgan fingerprint density at radius 1 is 1.17 bits per heavy atom. The fourth-order valence-corrected chi connectivity index (χ4v) is 4.96. The highest BCUT2D eigenvalue weighted by molar-refractivity contribution is 7.89. The molecule has 1 fully saturated rings. The summed E-state index contributed by atoms with van der Waals surface area (Å²) in [5, 5.41) is 13.6. The second-order valence-corrected chi connectivity index (χ2v) is 9.26. The van der Waals surface area contributed by atoms with Gasteiger partial charge in [-0.25, -0.2) is 8.42 Å². The van der Waals surface area contributed by atoms with Crippen LogP contribution in [0.2, 0.25) is 0 Å². The largest absolute Gasteiger partial charge is 0.373 e. The van der Waals surface area contributed by atoms with E-state index in [4.69, 9.17) is 4.74 Å². The maximum Gasteiger partial charge on any atom is 0.271 e. The molecule has 1 heterocycles. The molecule has 0 spiro atoms. The van der Waals surface area contributed by atoms with Gasteiger partial charge in [0.05, 0.1) is 27.7 Å². The SMILES string of the molecule is Cc1ccc([N+](=O)[O-])cc1NC(=O)c1cccc(S(=O)(=O)N2CC(C)OC(C)C2)c1. The van der Waals surface area contributed by atoms with Crippen molar-refractivity contribution >= 4 is 27.3 Å². The Kier molecular flexibility index (Phi) is 6.20. The van der Waals surface area contributed by atoms with Gasteiger partial charge in [-0.05, 0) is 44.5 Å². The van der Waals surface area contributed by atoms with Gasteiger partial charge in [-0.2, -0.15) is 4.31 Å². The van der Waals surface area contributed by atoms with Crippen LogP contribution in [0.4, 0.5) is 11.4 Å². The predicted molar refractivity (Wildman–Crippen MR) is 111 cm³/mol. The monoisotopic (exact) mass is 433 g/mol. The molecule has 1 amide bonds. The molecule has 1 N–H and O–H groups in total. The molecule has 0 bridgehead atoms. The van der Waals surface area contributed by atoms with E-state index in [-0.39, 0.29) is 41.4 Å². The number of amides is 1. The summed E-state index contributed by atoms with van der Waals surface area (Å²) in [6.45, 7) is 5.79. The number of benzene rings is 2. The molecule has 0 saturated carbocycles. The van der Waals surface area contributed by atoms with Gasteiger partial charge in [-0.3, -0.25) is 14.9 Å². The van der Waals surface area contributed by atoms with Crippen molar-refractivity contribution in [2.45, 2.75) is 37.9 Å². The van der Waals surface area contributed by atoms with Crippen LogP contribution in [0.3, 0.4) is 0 Å². The van der Waals surface area contributed by atoms with E-state index in [1.807, 2.05) is 13.8 Å². The summed E-state index contributed by atoms with van der Waals surface area (Å²) in [5.74, 6) is -0.556. The molecule has 2 unspecified atom stereocenters. The fourth-order valence-electron chi connectivity index (χ4n) is 3.33. The number of hydrogen-bond acceptors (Lipinski definition) is 6. The third-order valence-electron chi connectivity index (χ3n) is 4.80. The van der Waals surface area contributed by atoms with Crippen molar-refractivity contribution in [3.63, 3.8) is 0 Å². The third-order valence-corrected chi connectivity index (χ3v) is 6.63. The Hall–Kier alpha value is -2.82. The van der Waals surface area contributed by atoms with E-state index in [0.29, 0.717) is 11.3 Å². The minimum atomic E-state index is -3.80. The molecule has 2 aromatic rings. The molecule has 2 aromatic carbocycles. The van der Waals surface area contributed by atoms with Gasteiger partial charge in [0, 0.05) is 30.8 Å². The second kappa shape index (κ2) is 8.50. The standard InChI is InChI=1S/C20H23N3O6S/c1-13-7-8-17(23(25)26)10-19(13)21-20(24)16-5-4-6-18(9-16)30(27,28)22-11-14(2)29-15(3)12-22/h4-10,14-15H,11-12H2,1-3H3,(H,21,24). The third kappa shape index (κ3) is 4.66. The van der Waals surface area contributed by atoms with Crippen molar-refractivity contribution < 1.29 is 22.9 Å². The molecule has 2 atom stereocenters. The summed E-state index contributed by atoms with van der Waals surface area (Å²) < 4.78 is 33.0. The lowest BCUT2D eigenvalue weighted by atomic mass is 10.1. The smallest absolute Gasteiger partial charge is 0.271 e. The zero-order valence-corrected chi connectivity index (χ0v) is 17.7. The average molecular weight is 433 g/mol. The topological polar surface area (TPSA) is 119 Å². The van der Waals surface area contributed by atoms with Crippen LogP contribution in [0.25, 0.3) is 0 Å². The number of morpholine rings is 1. The zero-order chi connectivity index (χ0) is 22.1. The van der Waals surface area contributed by atoms with Gasteiger partial charge in [0.1, 0.15) is 0 Å². The first kappa shape index (κ1) is 21.9. The van der Waals surface area contributed by atoms with E-state index in [1.54, 1.807) is 6.92 Å². The number of nitrogens with zero attached hydrogens (tertiary/aromatic N) is 2. The van der Waals surface area contributed by atoms with E-state index in [2.05, 4.69) is 5.32 Å². The molecule has 160 valence electrons. The molecular formula is C20H23N3O6S. The lowest BCUT2D eigenvalue weighted by Gasteiger charge is -2.34. The van der Waals surface area contributed by atoms with Gasteiger partial charge in [0.2, 0.25) is 10.0 Å². The first-order chi connectivity index (χ1) is 14.1. The average Bonchev–Trinajstić information content (AvgIpc) is 2.68. The summed E-state index contributed by atoms with van der Waals surface area (Å²) in [4.78, 5) is 23.1. The second-order valence-electron chi connectivity index (χ2n) is 7.32. The Balaban J connectivity index is 1.86. The van der Waals surface area contributed by atoms with Crippen LogP contribution >= 0.6 is 0 Å². The number of non-ortho nitro benzene ring substituents is 1. The van der Waals surface area contributed by atoms with Gasteiger partial charge in [-0.1, -0.05) is 12.1 Å². The molecule has 0 aliphatic carbocycles. The number of rotatable bonds is 5. The summed E-state index contributed by atoms with van der Waals surface area (Å²) in [5.41, 5.74) is 0.923. The van der Waals surface area contributed by atoms with E-state index < -0.39 is 20.9 Å². The number of anilines is 1. The highest BCUT2D eigenvalue weighted by Gasteiger charge is 2.32. The lowest BCUT2D eigenvalue weighted by molar-refractivity contribution is -0.384. The van der Waals surface area contributed by atoms with Crippen molar-refractivity contribution in [2.24, 2.45) is 0 Å². The van der Waals surface area contributed by atoms with Crippen LogP contribution < -0.4 is 5.32 Å². The van der Waals surface area contributed by atoms with Gasteiger partial charge in [0.25, 0.3) is 11.6 Å².